The summed E-state index contributed by atoms with van der Waals surface area (Å²) in [5, 5.41) is 12.9. The lowest BCUT2D eigenvalue weighted by molar-refractivity contribution is -0.264. The number of nitrogens with zero attached hydrogens (tertiary/aromatic N) is 1. The number of esters is 1. The number of amidine groups is 1. The molecule has 0 saturated carbocycles. The Hall–Kier alpha value is -4.51. The second kappa shape index (κ2) is 11.3. The van der Waals surface area contributed by atoms with Crippen molar-refractivity contribution in [2.75, 3.05) is 11.9 Å². The number of ether oxygens (including phenoxy) is 2. The molecule has 3 rings (SSSR count). The number of hydrogen-bond acceptors (Lipinski definition) is 7. The molecule has 0 radical (unpaired) electrons. The summed E-state index contributed by atoms with van der Waals surface area (Å²) in [6, 6.07) is 15.8. The fourth-order valence-corrected chi connectivity index (χ4v) is 3.44. The number of rotatable bonds is 10. The first-order valence-electron chi connectivity index (χ1n) is 11.0. The molecule has 2 aromatic carbocycles. The molecule has 0 unspecified atom stereocenters. The number of amides is 1. The highest BCUT2D eigenvalue weighted by Crippen LogP contribution is 2.22. The Morgan fingerprint density at radius 1 is 1.14 bits per heavy atom. The van der Waals surface area contributed by atoms with Gasteiger partial charge in [-0.15, -0.1) is 0 Å². The molecule has 36 heavy (non-hydrogen) atoms. The van der Waals surface area contributed by atoms with Crippen molar-refractivity contribution in [3.05, 3.63) is 94.2 Å². The van der Waals surface area contributed by atoms with E-state index in [1.165, 1.54) is 30.5 Å². The van der Waals surface area contributed by atoms with E-state index >= 15 is 0 Å². The van der Waals surface area contributed by atoms with E-state index in [0.29, 0.717) is 11.3 Å². The molecule has 1 atom stereocenters. The molecule has 0 aliphatic carbocycles. The lowest BCUT2D eigenvalue weighted by atomic mass is 10.1. The third-order valence-corrected chi connectivity index (χ3v) is 5.00. The van der Waals surface area contributed by atoms with Crippen molar-refractivity contribution < 1.29 is 23.5 Å². The molecule has 0 saturated heterocycles. The quantitative estimate of drug-likeness (QED) is 0.146. The minimum atomic E-state index is -2.47. The topological polar surface area (TPSA) is 149 Å². The summed E-state index contributed by atoms with van der Waals surface area (Å²) in [5.41, 5.74) is 5.63. The van der Waals surface area contributed by atoms with Gasteiger partial charge in [0, 0.05) is 25.4 Å². The van der Waals surface area contributed by atoms with E-state index in [9.17, 15) is 18.8 Å². The SMILES string of the molecule is CCO[C@](OC(C)=O)(C(=O)NCc1ccc(C(=N)N)c(F)c1)n1cccc(Nc2ccccc2)c1=O. The number of para-hydroxylation sites is 1. The average molecular weight is 496 g/mol. The van der Waals surface area contributed by atoms with Crippen LogP contribution in [0, 0.1) is 11.2 Å². The van der Waals surface area contributed by atoms with E-state index in [-0.39, 0.29) is 24.4 Å². The molecule has 0 aliphatic rings. The largest absolute Gasteiger partial charge is 0.405 e. The Kier molecular flexibility index (Phi) is 8.18. The Morgan fingerprint density at radius 2 is 1.86 bits per heavy atom. The van der Waals surface area contributed by atoms with Crippen LogP contribution in [0.3, 0.4) is 0 Å². The molecule has 11 heteroatoms. The highest BCUT2D eigenvalue weighted by atomic mass is 19.1. The van der Waals surface area contributed by atoms with Crippen LogP contribution in [0.15, 0.2) is 71.7 Å². The number of nitrogen functional groups attached to an aromatic ring is 1. The highest BCUT2D eigenvalue weighted by Gasteiger charge is 2.46. The van der Waals surface area contributed by atoms with Crippen molar-refractivity contribution in [1.82, 2.24) is 9.88 Å². The van der Waals surface area contributed by atoms with E-state index in [2.05, 4.69) is 10.6 Å². The van der Waals surface area contributed by atoms with Gasteiger partial charge in [-0.3, -0.25) is 19.8 Å². The zero-order valence-corrected chi connectivity index (χ0v) is 19.7. The standard InChI is InChI=1S/C25H26FN5O5/c1-3-35-25(36-16(2)32,24(34)29-15-17-11-12-19(22(27)28)20(26)14-17)31-13-7-10-21(23(31)33)30-18-8-5-4-6-9-18/h4-14,30H,3,15H2,1-2H3,(H3,27,28)(H,29,34)/t25-/m0/s1. The van der Waals surface area contributed by atoms with Gasteiger partial charge in [-0.25, -0.2) is 8.96 Å². The minimum absolute atomic E-state index is 0.0806. The summed E-state index contributed by atoms with van der Waals surface area (Å²) in [7, 11) is 0. The van der Waals surface area contributed by atoms with Crippen LogP contribution in [-0.2, 0) is 31.5 Å². The summed E-state index contributed by atoms with van der Waals surface area (Å²) in [5.74, 6) is -5.47. The molecule has 0 bridgehead atoms. The summed E-state index contributed by atoms with van der Waals surface area (Å²) in [6.07, 6.45) is 1.26. The third kappa shape index (κ3) is 5.76. The molecular weight excluding hydrogens is 469 g/mol. The number of benzene rings is 2. The highest BCUT2D eigenvalue weighted by molar-refractivity contribution is 5.95. The van der Waals surface area contributed by atoms with Crippen LogP contribution in [0.1, 0.15) is 25.0 Å². The number of carbonyl (C=O) groups excluding carboxylic acids is 2. The maximum atomic E-state index is 14.2. The van der Waals surface area contributed by atoms with Gasteiger partial charge >= 0.3 is 17.8 Å². The second-order valence-electron chi connectivity index (χ2n) is 7.61. The monoisotopic (exact) mass is 495 g/mol. The van der Waals surface area contributed by atoms with Gasteiger partial charge in [0.05, 0.1) is 12.2 Å². The Balaban J connectivity index is 1.98. The van der Waals surface area contributed by atoms with Crippen LogP contribution in [0.4, 0.5) is 15.8 Å². The van der Waals surface area contributed by atoms with Gasteiger partial charge in [-0.1, -0.05) is 24.3 Å². The van der Waals surface area contributed by atoms with Gasteiger partial charge in [0.2, 0.25) is 0 Å². The van der Waals surface area contributed by atoms with Crippen molar-refractivity contribution in [2.45, 2.75) is 26.3 Å². The third-order valence-electron chi connectivity index (χ3n) is 5.00. The molecule has 0 fully saturated rings. The average Bonchev–Trinajstić information content (AvgIpc) is 2.83. The van der Waals surface area contributed by atoms with E-state index in [4.69, 9.17) is 20.6 Å². The smallest absolute Gasteiger partial charge is 0.387 e. The number of carbonyl (C=O) groups is 2. The van der Waals surface area contributed by atoms with Crippen LogP contribution in [0.5, 0.6) is 0 Å². The van der Waals surface area contributed by atoms with Crippen molar-refractivity contribution in [3.8, 4) is 0 Å². The van der Waals surface area contributed by atoms with Gasteiger partial charge in [-0.2, -0.15) is 0 Å². The normalized spacial score (nSPS) is 12.3. The van der Waals surface area contributed by atoms with Crippen LogP contribution in [0.25, 0.3) is 0 Å². The zero-order valence-electron chi connectivity index (χ0n) is 19.7. The lowest BCUT2D eigenvalue weighted by Gasteiger charge is -2.32. The molecule has 1 heterocycles. The van der Waals surface area contributed by atoms with Crippen molar-refractivity contribution in [1.29, 1.82) is 5.41 Å². The number of anilines is 2. The Morgan fingerprint density at radius 3 is 2.47 bits per heavy atom. The van der Waals surface area contributed by atoms with Crippen molar-refractivity contribution in [2.24, 2.45) is 5.73 Å². The molecule has 1 aromatic heterocycles. The minimum Gasteiger partial charge on any atom is -0.405 e. The summed E-state index contributed by atoms with van der Waals surface area (Å²) in [6.45, 7) is 2.36. The number of nitrogens with two attached hydrogens (primary N) is 1. The van der Waals surface area contributed by atoms with Crippen LogP contribution >= 0.6 is 0 Å². The predicted molar refractivity (Wildman–Crippen MR) is 131 cm³/mol. The van der Waals surface area contributed by atoms with Crippen LogP contribution in [-0.4, -0.2) is 28.9 Å². The maximum Gasteiger partial charge on any atom is 0.387 e. The van der Waals surface area contributed by atoms with E-state index in [1.54, 1.807) is 31.2 Å². The molecule has 0 aliphatic heterocycles. The van der Waals surface area contributed by atoms with Crippen molar-refractivity contribution in [3.63, 3.8) is 0 Å². The first-order valence-corrected chi connectivity index (χ1v) is 11.0. The summed E-state index contributed by atoms with van der Waals surface area (Å²) < 4.78 is 26.0. The van der Waals surface area contributed by atoms with E-state index in [0.717, 1.165) is 17.6 Å². The molecule has 10 nitrogen and oxygen atoms in total. The predicted octanol–water partition coefficient (Wildman–Crippen LogP) is 2.54. The van der Waals surface area contributed by atoms with Gasteiger partial charge in [0.1, 0.15) is 17.3 Å². The van der Waals surface area contributed by atoms with E-state index < -0.39 is 35.0 Å². The van der Waals surface area contributed by atoms with Gasteiger partial charge in [-0.05, 0) is 48.9 Å². The number of aromatic nitrogens is 1. The Bertz CT molecular complexity index is 1330. The number of pyridine rings is 1. The first kappa shape index (κ1) is 26.1. The number of hydrogen-bond donors (Lipinski definition) is 4. The van der Waals surface area contributed by atoms with Crippen LogP contribution < -0.4 is 21.9 Å². The second-order valence-corrected chi connectivity index (χ2v) is 7.61. The summed E-state index contributed by atoms with van der Waals surface area (Å²) in [4.78, 5) is 38.8. The molecule has 5 N–H and O–H groups in total. The van der Waals surface area contributed by atoms with Gasteiger partial charge in [0.15, 0.2) is 0 Å². The van der Waals surface area contributed by atoms with Crippen molar-refractivity contribution >= 4 is 29.1 Å². The molecular formula is C25H26FN5O5. The zero-order chi connectivity index (χ0) is 26.3. The fourth-order valence-electron chi connectivity index (χ4n) is 3.44. The molecule has 1 amide bonds. The Labute approximate surface area is 206 Å². The molecule has 188 valence electrons. The fraction of sp³-hybridized carbons (Fsp3) is 0.200. The number of nitrogens with one attached hydrogen (secondary N) is 3. The van der Waals surface area contributed by atoms with Gasteiger partial charge in [0.25, 0.3) is 5.56 Å². The molecule has 3 aromatic rings. The van der Waals surface area contributed by atoms with Crippen LogP contribution in [0.2, 0.25) is 0 Å². The summed E-state index contributed by atoms with van der Waals surface area (Å²) >= 11 is 0. The number of halogens is 1. The maximum absolute atomic E-state index is 14.2. The lowest BCUT2D eigenvalue weighted by Crippen LogP contribution is -2.56. The van der Waals surface area contributed by atoms with E-state index in [1.807, 2.05) is 6.07 Å². The van der Waals surface area contributed by atoms with Gasteiger partial charge < -0.3 is 25.8 Å². The first-order chi connectivity index (χ1) is 17.2. The molecule has 0 spiro atoms.